The lowest BCUT2D eigenvalue weighted by Gasteiger charge is -2.17. The lowest BCUT2D eigenvalue weighted by molar-refractivity contribution is -0.130. The first-order chi connectivity index (χ1) is 13.2. The number of aryl methyl sites for hydroxylation is 1. The van der Waals surface area contributed by atoms with Gasteiger partial charge in [0.1, 0.15) is 0 Å². The molecule has 0 radical (unpaired) electrons. The highest BCUT2D eigenvalue weighted by molar-refractivity contribution is 7.89. The van der Waals surface area contributed by atoms with Gasteiger partial charge in [0.2, 0.25) is 15.9 Å². The molecule has 0 saturated heterocycles. The van der Waals surface area contributed by atoms with Gasteiger partial charge in [0.15, 0.2) is 0 Å². The van der Waals surface area contributed by atoms with Crippen LogP contribution in [-0.2, 0) is 26.1 Å². The Morgan fingerprint density at radius 1 is 1.11 bits per heavy atom. The molecule has 0 atom stereocenters. The summed E-state index contributed by atoms with van der Waals surface area (Å²) in [5.41, 5.74) is 1.69. The first-order valence-corrected chi connectivity index (χ1v) is 10.2. The average molecular weight is 404 g/mol. The molecule has 0 fully saturated rings. The standard InChI is InChI=1S/C20H24N2O5S/c1-15-13-17(20(24)27-3)9-10-18(15)28(25,26)21-12-11-19(23)22(2)14-16-7-5-4-6-8-16/h4-10,13,21H,11-12,14H2,1-3H3. The van der Waals surface area contributed by atoms with E-state index in [1.54, 1.807) is 18.9 Å². The van der Waals surface area contributed by atoms with Crippen LogP contribution in [0.5, 0.6) is 0 Å². The SMILES string of the molecule is COC(=O)c1ccc(S(=O)(=O)NCCC(=O)N(C)Cc2ccccc2)c(C)c1. The van der Waals surface area contributed by atoms with Crippen LogP contribution in [0.3, 0.4) is 0 Å². The summed E-state index contributed by atoms with van der Waals surface area (Å²) in [6.07, 6.45) is 0.0435. The van der Waals surface area contributed by atoms with Crippen LogP contribution in [-0.4, -0.2) is 45.9 Å². The maximum atomic E-state index is 12.5. The van der Waals surface area contributed by atoms with Gasteiger partial charge in [0.05, 0.1) is 17.6 Å². The Morgan fingerprint density at radius 3 is 2.39 bits per heavy atom. The van der Waals surface area contributed by atoms with Gasteiger partial charge in [0, 0.05) is 26.6 Å². The molecule has 2 rings (SSSR count). The zero-order valence-corrected chi connectivity index (χ0v) is 17.0. The Labute approximate surface area is 165 Å². The van der Waals surface area contributed by atoms with E-state index in [0.29, 0.717) is 12.1 Å². The summed E-state index contributed by atoms with van der Waals surface area (Å²) >= 11 is 0. The van der Waals surface area contributed by atoms with Crippen LogP contribution in [0.25, 0.3) is 0 Å². The highest BCUT2D eigenvalue weighted by atomic mass is 32.2. The molecule has 0 bridgehead atoms. The van der Waals surface area contributed by atoms with E-state index >= 15 is 0 Å². The van der Waals surface area contributed by atoms with Gasteiger partial charge in [-0.25, -0.2) is 17.9 Å². The molecule has 8 heteroatoms. The Morgan fingerprint density at radius 2 is 1.79 bits per heavy atom. The number of sulfonamides is 1. The van der Waals surface area contributed by atoms with Crippen LogP contribution in [0.4, 0.5) is 0 Å². The van der Waals surface area contributed by atoms with Crippen molar-refractivity contribution in [3.63, 3.8) is 0 Å². The third-order valence-electron chi connectivity index (χ3n) is 4.20. The smallest absolute Gasteiger partial charge is 0.337 e. The largest absolute Gasteiger partial charge is 0.465 e. The number of hydrogen-bond acceptors (Lipinski definition) is 5. The number of carbonyl (C=O) groups excluding carboxylic acids is 2. The Kier molecular flexibility index (Phi) is 7.31. The Bertz CT molecular complexity index is 942. The molecule has 150 valence electrons. The van der Waals surface area contributed by atoms with E-state index in [1.165, 1.54) is 25.3 Å². The summed E-state index contributed by atoms with van der Waals surface area (Å²) in [5, 5.41) is 0. The first kappa shape index (κ1) is 21.6. The number of benzene rings is 2. The summed E-state index contributed by atoms with van der Waals surface area (Å²) in [4.78, 5) is 25.4. The van der Waals surface area contributed by atoms with Crippen LogP contribution in [0.1, 0.15) is 27.9 Å². The number of rotatable bonds is 8. The van der Waals surface area contributed by atoms with Crippen molar-refractivity contribution >= 4 is 21.9 Å². The quantitative estimate of drug-likeness (QED) is 0.680. The Hall–Kier alpha value is -2.71. The number of methoxy groups -OCH3 is 1. The molecule has 0 spiro atoms. The van der Waals surface area contributed by atoms with Crippen LogP contribution in [0.2, 0.25) is 0 Å². The number of ether oxygens (including phenoxy) is 1. The Balaban J connectivity index is 1.94. The van der Waals surface area contributed by atoms with Crippen LogP contribution < -0.4 is 4.72 Å². The summed E-state index contributed by atoms with van der Waals surface area (Å²) in [6, 6.07) is 13.8. The van der Waals surface area contributed by atoms with Crippen molar-refractivity contribution in [1.29, 1.82) is 0 Å². The highest BCUT2D eigenvalue weighted by Crippen LogP contribution is 2.17. The first-order valence-electron chi connectivity index (χ1n) is 8.71. The molecule has 0 aliphatic carbocycles. The van der Waals surface area contributed by atoms with Gasteiger partial charge in [-0.1, -0.05) is 30.3 Å². The number of hydrogen-bond donors (Lipinski definition) is 1. The van der Waals surface area contributed by atoms with Gasteiger partial charge in [0.25, 0.3) is 0 Å². The van der Waals surface area contributed by atoms with E-state index in [4.69, 9.17) is 0 Å². The minimum absolute atomic E-state index is 0.0154. The van der Waals surface area contributed by atoms with Gasteiger partial charge < -0.3 is 9.64 Å². The fourth-order valence-corrected chi connectivity index (χ4v) is 3.96. The molecule has 1 amide bonds. The third-order valence-corrected chi connectivity index (χ3v) is 5.83. The second kappa shape index (κ2) is 9.48. The fourth-order valence-electron chi connectivity index (χ4n) is 2.70. The molecular weight excluding hydrogens is 380 g/mol. The molecule has 0 heterocycles. The molecule has 0 saturated carbocycles. The predicted octanol–water partition coefficient (Wildman–Crippen LogP) is 2.11. The maximum absolute atomic E-state index is 12.5. The summed E-state index contributed by atoms with van der Waals surface area (Å²) in [6.45, 7) is 2.04. The van der Waals surface area contributed by atoms with Gasteiger partial charge in [-0.3, -0.25) is 4.79 Å². The van der Waals surface area contributed by atoms with Crippen molar-refractivity contribution in [2.75, 3.05) is 20.7 Å². The average Bonchev–Trinajstić information content (AvgIpc) is 2.67. The van der Waals surface area contributed by atoms with Crippen molar-refractivity contribution in [3.8, 4) is 0 Å². The summed E-state index contributed by atoms with van der Waals surface area (Å²) in [5.74, 6) is -0.698. The molecule has 1 N–H and O–H groups in total. The molecule has 2 aromatic rings. The molecular formula is C20H24N2O5S. The molecule has 7 nitrogen and oxygen atoms in total. The zero-order valence-electron chi connectivity index (χ0n) is 16.1. The highest BCUT2D eigenvalue weighted by Gasteiger charge is 2.19. The lowest BCUT2D eigenvalue weighted by Crippen LogP contribution is -2.32. The van der Waals surface area contributed by atoms with Gasteiger partial charge in [-0.15, -0.1) is 0 Å². The second-order valence-electron chi connectivity index (χ2n) is 6.36. The molecule has 2 aromatic carbocycles. The summed E-state index contributed by atoms with van der Waals surface area (Å²) in [7, 11) is -0.854. The minimum Gasteiger partial charge on any atom is -0.465 e. The van der Waals surface area contributed by atoms with E-state index in [1.807, 2.05) is 30.3 Å². The number of nitrogens with one attached hydrogen (secondary N) is 1. The molecule has 28 heavy (non-hydrogen) atoms. The zero-order chi connectivity index (χ0) is 20.7. The van der Waals surface area contributed by atoms with Crippen molar-refractivity contribution in [2.24, 2.45) is 0 Å². The topological polar surface area (TPSA) is 92.8 Å². The van der Waals surface area contributed by atoms with E-state index in [9.17, 15) is 18.0 Å². The van der Waals surface area contributed by atoms with Crippen LogP contribution in [0, 0.1) is 6.92 Å². The molecule has 0 aliphatic rings. The predicted molar refractivity (Wildman–Crippen MR) is 105 cm³/mol. The fraction of sp³-hybridized carbons (Fsp3) is 0.300. The number of nitrogens with zero attached hydrogens (tertiary/aromatic N) is 1. The van der Waals surface area contributed by atoms with Crippen molar-refractivity contribution < 1.29 is 22.7 Å². The second-order valence-corrected chi connectivity index (χ2v) is 8.09. The molecule has 0 aliphatic heterocycles. The van der Waals surface area contributed by atoms with Gasteiger partial charge in [-0.2, -0.15) is 0 Å². The van der Waals surface area contributed by atoms with E-state index in [2.05, 4.69) is 9.46 Å². The van der Waals surface area contributed by atoms with E-state index in [0.717, 1.165) is 5.56 Å². The maximum Gasteiger partial charge on any atom is 0.337 e. The van der Waals surface area contributed by atoms with Gasteiger partial charge >= 0.3 is 5.97 Å². The minimum atomic E-state index is -3.79. The van der Waals surface area contributed by atoms with Crippen LogP contribution >= 0.6 is 0 Å². The summed E-state index contributed by atoms with van der Waals surface area (Å²) < 4.78 is 32.1. The number of carbonyl (C=O) groups is 2. The molecule has 0 unspecified atom stereocenters. The van der Waals surface area contributed by atoms with E-state index < -0.39 is 16.0 Å². The number of amides is 1. The van der Waals surface area contributed by atoms with Crippen molar-refractivity contribution in [3.05, 3.63) is 65.2 Å². The van der Waals surface area contributed by atoms with Crippen molar-refractivity contribution in [1.82, 2.24) is 9.62 Å². The van der Waals surface area contributed by atoms with Crippen LogP contribution in [0.15, 0.2) is 53.4 Å². The lowest BCUT2D eigenvalue weighted by atomic mass is 10.1. The third kappa shape index (κ3) is 5.64. The van der Waals surface area contributed by atoms with Gasteiger partial charge in [-0.05, 0) is 36.2 Å². The normalized spacial score (nSPS) is 11.1. The molecule has 0 aromatic heterocycles. The monoisotopic (exact) mass is 404 g/mol. The van der Waals surface area contributed by atoms with Crippen molar-refractivity contribution in [2.45, 2.75) is 24.8 Å². The number of esters is 1. The van der Waals surface area contributed by atoms with E-state index in [-0.39, 0.29) is 29.3 Å².